The Balaban J connectivity index is 0.00000220. The van der Waals surface area contributed by atoms with Crippen molar-refractivity contribution < 1.29 is 13.9 Å². The molecule has 0 saturated carbocycles. The summed E-state index contributed by atoms with van der Waals surface area (Å²) in [6, 6.07) is 6.46. The molecule has 1 unspecified atom stereocenters. The van der Waals surface area contributed by atoms with E-state index in [1.54, 1.807) is 29.2 Å². The molecule has 0 spiro atoms. The van der Waals surface area contributed by atoms with Crippen molar-refractivity contribution in [1.82, 2.24) is 10.2 Å². The molecule has 1 aliphatic heterocycles. The van der Waals surface area contributed by atoms with E-state index < -0.39 is 6.10 Å². The normalized spacial score (nSPS) is 17.7. The zero-order valence-electron chi connectivity index (χ0n) is 11.8. The maximum atomic E-state index is 13.7. The second kappa shape index (κ2) is 8.77. The van der Waals surface area contributed by atoms with Gasteiger partial charge in [0.25, 0.3) is 5.91 Å². The van der Waals surface area contributed by atoms with Crippen molar-refractivity contribution in [2.24, 2.45) is 0 Å². The lowest BCUT2D eigenvalue weighted by atomic mass is 10.1. The molecule has 1 N–H and O–H groups in total. The molecule has 1 amide bonds. The van der Waals surface area contributed by atoms with Crippen LogP contribution in [0.25, 0.3) is 0 Å². The minimum atomic E-state index is -0.504. The van der Waals surface area contributed by atoms with E-state index >= 15 is 0 Å². The van der Waals surface area contributed by atoms with E-state index in [0.717, 1.165) is 6.54 Å². The first-order valence-electron chi connectivity index (χ1n) is 6.67. The van der Waals surface area contributed by atoms with Crippen molar-refractivity contribution in [2.45, 2.75) is 12.6 Å². The first kappa shape index (κ1) is 17.6. The minimum absolute atomic E-state index is 0. The average Bonchev–Trinajstić information content (AvgIpc) is 2.49. The molecule has 0 aliphatic carbocycles. The summed E-state index contributed by atoms with van der Waals surface area (Å²) in [5.74, 6) is -0.447. The second-order valence-corrected chi connectivity index (χ2v) is 4.66. The molecule has 0 radical (unpaired) electrons. The number of nitrogens with zero attached hydrogens (tertiary/aromatic N) is 1. The maximum absolute atomic E-state index is 13.7. The fraction of sp³-hybridized carbons (Fsp3) is 0.400. The summed E-state index contributed by atoms with van der Waals surface area (Å²) in [5.41, 5.74) is 0.492. The Morgan fingerprint density at radius 3 is 2.90 bits per heavy atom. The molecular weight excluding hydrogens is 295 g/mol. The number of ether oxygens (including phenoxy) is 1. The highest BCUT2D eigenvalue weighted by molar-refractivity contribution is 5.85. The van der Waals surface area contributed by atoms with Gasteiger partial charge in [-0.1, -0.05) is 24.3 Å². The summed E-state index contributed by atoms with van der Waals surface area (Å²) < 4.78 is 19.1. The van der Waals surface area contributed by atoms with Crippen molar-refractivity contribution >= 4 is 18.3 Å². The number of amides is 1. The van der Waals surface area contributed by atoms with Gasteiger partial charge in [0.2, 0.25) is 0 Å². The van der Waals surface area contributed by atoms with Crippen LogP contribution in [0.4, 0.5) is 4.39 Å². The van der Waals surface area contributed by atoms with Crippen molar-refractivity contribution in [1.29, 1.82) is 0 Å². The SMILES string of the molecule is C=CCN(Cc1ccccc1F)C(=O)C1CNCCO1.Cl. The van der Waals surface area contributed by atoms with Crippen molar-refractivity contribution in [3.8, 4) is 0 Å². The quantitative estimate of drug-likeness (QED) is 0.842. The van der Waals surface area contributed by atoms with Gasteiger partial charge in [-0.05, 0) is 6.07 Å². The summed E-state index contributed by atoms with van der Waals surface area (Å²) >= 11 is 0. The molecule has 6 heteroatoms. The van der Waals surface area contributed by atoms with Crippen LogP contribution >= 0.6 is 12.4 Å². The van der Waals surface area contributed by atoms with Gasteiger partial charge in [0.1, 0.15) is 11.9 Å². The number of hydrogen-bond donors (Lipinski definition) is 1. The lowest BCUT2D eigenvalue weighted by molar-refractivity contribution is -0.145. The second-order valence-electron chi connectivity index (χ2n) is 4.66. The van der Waals surface area contributed by atoms with E-state index in [9.17, 15) is 9.18 Å². The summed E-state index contributed by atoms with van der Waals surface area (Å²) in [7, 11) is 0. The third-order valence-corrected chi connectivity index (χ3v) is 3.18. The number of nitrogens with one attached hydrogen (secondary N) is 1. The summed E-state index contributed by atoms with van der Waals surface area (Å²) in [6.45, 7) is 5.99. The van der Waals surface area contributed by atoms with Crippen molar-refractivity contribution in [3.05, 3.63) is 48.3 Å². The van der Waals surface area contributed by atoms with Gasteiger partial charge in [-0.25, -0.2) is 4.39 Å². The van der Waals surface area contributed by atoms with Gasteiger partial charge in [0, 0.05) is 31.7 Å². The Morgan fingerprint density at radius 2 is 2.29 bits per heavy atom. The fourth-order valence-electron chi connectivity index (χ4n) is 2.15. The predicted octanol–water partition coefficient (Wildman–Crippen LogP) is 1.75. The van der Waals surface area contributed by atoms with E-state index in [0.29, 0.717) is 25.3 Å². The molecule has 1 aromatic rings. The topological polar surface area (TPSA) is 41.6 Å². The molecule has 1 saturated heterocycles. The van der Waals surface area contributed by atoms with Crippen LogP contribution in [-0.4, -0.2) is 43.2 Å². The number of rotatable bonds is 5. The maximum Gasteiger partial charge on any atom is 0.253 e. The third kappa shape index (κ3) is 4.81. The lowest BCUT2D eigenvalue weighted by Crippen LogP contribution is -2.49. The Kier molecular flexibility index (Phi) is 7.36. The zero-order valence-corrected chi connectivity index (χ0v) is 12.6. The van der Waals surface area contributed by atoms with Crippen molar-refractivity contribution in [2.75, 3.05) is 26.2 Å². The van der Waals surface area contributed by atoms with E-state index in [4.69, 9.17) is 4.74 Å². The molecular formula is C15H20ClFN2O2. The van der Waals surface area contributed by atoms with Gasteiger partial charge in [0.05, 0.1) is 6.61 Å². The first-order chi connectivity index (χ1) is 9.72. The molecule has 0 bridgehead atoms. The summed E-state index contributed by atoms with van der Waals surface area (Å²) in [6.07, 6.45) is 1.13. The average molecular weight is 315 g/mol. The van der Waals surface area contributed by atoms with Gasteiger partial charge < -0.3 is 15.0 Å². The molecule has 21 heavy (non-hydrogen) atoms. The highest BCUT2D eigenvalue weighted by atomic mass is 35.5. The molecule has 2 rings (SSSR count). The number of hydrogen-bond acceptors (Lipinski definition) is 3. The molecule has 1 aromatic carbocycles. The number of halogens is 2. The van der Waals surface area contributed by atoms with Crippen LogP contribution in [0.5, 0.6) is 0 Å². The van der Waals surface area contributed by atoms with E-state index in [2.05, 4.69) is 11.9 Å². The van der Waals surface area contributed by atoms with Crippen LogP contribution in [-0.2, 0) is 16.1 Å². The van der Waals surface area contributed by atoms with Crippen LogP contribution in [0.15, 0.2) is 36.9 Å². The van der Waals surface area contributed by atoms with Crippen LogP contribution in [0.3, 0.4) is 0 Å². The zero-order chi connectivity index (χ0) is 14.4. The third-order valence-electron chi connectivity index (χ3n) is 3.18. The smallest absolute Gasteiger partial charge is 0.253 e. The number of carbonyl (C=O) groups is 1. The van der Waals surface area contributed by atoms with Gasteiger partial charge in [-0.2, -0.15) is 0 Å². The number of benzene rings is 1. The van der Waals surface area contributed by atoms with Crippen LogP contribution in [0.2, 0.25) is 0 Å². The first-order valence-corrected chi connectivity index (χ1v) is 6.67. The molecule has 1 heterocycles. The number of morpholine rings is 1. The van der Waals surface area contributed by atoms with E-state index in [1.807, 2.05) is 0 Å². The molecule has 116 valence electrons. The molecule has 1 fully saturated rings. The molecule has 0 aromatic heterocycles. The Labute approximate surface area is 130 Å². The van der Waals surface area contributed by atoms with Crippen LogP contribution < -0.4 is 5.32 Å². The molecule has 4 nitrogen and oxygen atoms in total. The Hall–Kier alpha value is -1.43. The largest absolute Gasteiger partial charge is 0.366 e. The Morgan fingerprint density at radius 1 is 1.52 bits per heavy atom. The highest BCUT2D eigenvalue weighted by Gasteiger charge is 2.26. The van der Waals surface area contributed by atoms with Crippen LogP contribution in [0, 0.1) is 5.82 Å². The lowest BCUT2D eigenvalue weighted by Gasteiger charge is -2.29. The predicted molar refractivity (Wildman–Crippen MR) is 81.9 cm³/mol. The highest BCUT2D eigenvalue weighted by Crippen LogP contribution is 2.12. The summed E-state index contributed by atoms with van der Waals surface area (Å²) in [5, 5.41) is 3.12. The minimum Gasteiger partial charge on any atom is -0.366 e. The Bertz CT molecular complexity index is 478. The van der Waals surface area contributed by atoms with Gasteiger partial charge in [-0.15, -0.1) is 19.0 Å². The van der Waals surface area contributed by atoms with Crippen molar-refractivity contribution in [3.63, 3.8) is 0 Å². The number of carbonyl (C=O) groups excluding carboxylic acids is 1. The van der Waals surface area contributed by atoms with E-state index in [-0.39, 0.29) is 30.7 Å². The molecule has 1 aliphatic rings. The van der Waals surface area contributed by atoms with E-state index in [1.165, 1.54) is 6.07 Å². The van der Waals surface area contributed by atoms with Gasteiger partial charge in [0.15, 0.2) is 0 Å². The fourth-order valence-corrected chi connectivity index (χ4v) is 2.15. The summed E-state index contributed by atoms with van der Waals surface area (Å²) in [4.78, 5) is 14.0. The van der Waals surface area contributed by atoms with Gasteiger partial charge >= 0.3 is 0 Å². The standard InChI is InChI=1S/C15H19FN2O2.ClH/c1-2-8-18(11-12-5-3-4-6-13(12)16)15(19)14-10-17-7-9-20-14;/h2-6,14,17H,1,7-11H2;1H. The monoisotopic (exact) mass is 314 g/mol. The van der Waals surface area contributed by atoms with Gasteiger partial charge in [-0.3, -0.25) is 4.79 Å². The molecule has 1 atom stereocenters. The van der Waals surface area contributed by atoms with Crippen LogP contribution in [0.1, 0.15) is 5.56 Å².